The van der Waals surface area contributed by atoms with Gasteiger partial charge in [-0.1, -0.05) is 12.1 Å². The number of amides is 1. The van der Waals surface area contributed by atoms with Crippen LogP contribution in [0.15, 0.2) is 36.7 Å². The van der Waals surface area contributed by atoms with Crippen LogP contribution in [-0.4, -0.2) is 47.8 Å². The Morgan fingerprint density at radius 1 is 1.41 bits per heavy atom. The number of nitrogens with zero attached hydrogens (tertiary/aromatic N) is 2. The van der Waals surface area contributed by atoms with E-state index in [0.29, 0.717) is 23.1 Å². The Balaban J connectivity index is 1.90. The summed E-state index contributed by atoms with van der Waals surface area (Å²) >= 11 is 0. The fraction of sp³-hybridized carbons (Fsp3) is 0.300. The zero-order chi connectivity index (χ0) is 19.0. The highest BCUT2D eigenvalue weighted by Crippen LogP contribution is 2.38. The third kappa shape index (κ3) is 3.00. The quantitative estimate of drug-likeness (QED) is 0.642. The molecule has 1 aliphatic rings. The number of anilines is 1. The number of aliphatic hydroxyl groups excluding tert-OH is 1. The van der Waals surface area contributed by atoms with Gasteiger partial charge in [0.15, 0.2) is 0 Å². The maximum absolute atomic E-state index is 12.3. The summed E-state index contributed by atoms with van der Waals surface area (Å²) in [5.74, 6) is 0.483. The lowest BCUT2D eigenvalue weighted by molar-refractivity contribution is 0.100. The van der Waals surface area contributed by atoms with Gasteiger partial charge in [-0.25, -0.2) is 4.98 Å². The molecule has 0 radical (unpaired) electrons. The van der Waals surface area contributed by atoms with Gasteiger partial charge in [0.05, 0.1) is 35.7 Å². The van der Waals surface area contributed by atoms with Crippen molar-refractivity contribution in [2.45, 2.75) is 6.42 Å². The normalized spacial score (nSPS) is 16.8. The van der Waals surface area contributed by atoms with E-state index >= 15 is 0 Å². The second-order valence-electron chi connectivity index (χ2n) is 6.82. The van der Waals surface area contributed by atoms with Gasteiger partial charge in [-0.15, -0.1) is 0 Å². The topological polar surface area (TPSA) is 104 Å². The number of rotatable bonds is 5. The van der Waals surface area contributed by atoms with E-state index in [9.17, 15) is 9.90 Å². The molecule has 2 aromatic carbocycles. The first-order chi connectivity index (χ1) is 13.1. The summed E-state index contributed by atoms with van der Waals surface area (Å²) in [6.45, 7) is 1.60. The van der Waals surface area contributed by atoms with Crippen LogP contribution in [0.3, 0.4) is 0 Å². The lowest BCUT2D eigenvalue weighted by Gasteiger charge is -2.22. The van der Waals surface area contributed by atoms with E-state index in [1.807, 2.05) is 30.3 Å². The third-order valence-corrected chi connectivity index (χ3v) is 5.21. The van der Waals surface area contributed by atoms with Crippen LogP contribution in [0.2, 0.25) is 0 Å². The van der Waals surface area contributed by atoms with E-state index in [1.54, 1.807) is 13.4 Å². The lowest BCUT2D eigenvalue weighted by Crippen LogP contribution is -2.25. The molecule has 1 saturated heterocycles. The van der Waals surface area contributed by atoms with Crippen molar-refractivity contribution < 1.29 is 14.6 Å². The van der Waals surface area contributed by atoms with Crippen LogP contribution in [0.4, 0.5) is 5.69 Å². The number of fused-ring (bicyclic) bond motifs is 1. The molecule has 140 valence electrons. The minimum Gasteiger partial charge on any atom is -0.497 e. The van der Waals surface area contributed by atoms with Gasteiger partial charge in [0.2, 0.25) is 0 Å². The molecule has 1 aromatic heterocycles. The van der Waals surface area contributed by atoms with Crippen molar-refractivity contribution in [2.24, 2.45) is 11.7 Å². The van der Waals surface area contributed by atoms with E-state index in [-0.39, 0.29) is 12.5 Å². The Labute approximate surface area is 156 Å². The largest absolute Gasteiger partial charge is 0.497 e. The number of carbonyl (C=O) groups excluding carboxylic acids is 1. The van der Waals surface area contributed by atoms with Gasteiger partial charge >= 0.3 is 0 Å². The number of aromatic amines is 1. The summed E-state index contributed by atoms with van der Waals surface area (Å²) in [5, 5.41) is 9.48. The summed E-state index contributed by atoms with van der Waals surface area (Å²) in [6, 6.07) is 9.71. The molecule has 0 saturated carbocycles. The third-order valence-electron chi connectivity index (χ3n) is 5.21. The van der Waals surface area contributed by atoms with E-state index in [4.69, 9.17) is 10.5 Å². The molecule has 1 aliphatic heterocycles. The molecule has 0 aliphatic carbocycles. The van der Waals surface area contributed by atoms with Crippen LogP contribution < -0.4 is 15.4 Å². The number of nitrogens with one attached hydrogen (secondary N) is 1. The van der Waals surface area contributed by atoms with E-state index in [0.717, 1.165) is 35.5 Å². The minimum atomic E-state index is -0.493. The molecular weight excluding hydrogens is 344 g/mol. The highest BCUT2D eigenvalue weighted by Gasteiger charge is 2.28. The highest BCUT2D eigenvalue weighted by atomic mass is 16.5. The first-order valence-electron chi connectivity index (χ1n) is 8.92. The maximum Gasteiger partial charge on any atom is 0.253 e. The smallest absolute Gasteiger partial charge is 0.253 e. The van der Waals surface area contributed by atoms with Gasteiger partial charge in [0, 0.05) is 31.2 Å². The molecule has 7 heteroatoms. The standard InChI is InChI=1S/C20H22N4O3/c1-27-14-4-2-13(3-5-14)15-8-16(24-7-6-12(9-24)10-25)17(20(21)26)19-18(15)22-11-23-19/h2-5,8,11-12,25H,6-7,9-10H2,1H3,(H2,21,26)(H,22,23). The van der Waals surface area contributed by atoms with E-state index in [1.165, 1.54) is 0 Å². The van der Waals surface area contributed by atoms with Crippen molar-refractivity contribution in [1.82, 2.24) is 9.97 Å². The summed E-state index contributed by atoms with van der Waals surface area (Å²) in [6.07, 6.45) is 2.46. The van der Waals surface area contributed by atoms with Gasteiger partial charge in [0.1, 0.15) is 5.75 Å². The number of hydrogen-bond donors (Lipinski definition) is 3. The molecule has 2 heterocycles. The number of H-pyrrole nitrogens is 1. The molecule has 3 aromatic rings. The average molecular weight is 366 g/mol. The molecule has 1 unspecified atom stereocenters. The van der Waals surface area contributed by atoms with E-state index < -0.39 is 5.91 Å². The predicted octanol–water partition coefficient (Wildman–Crippen LogP) is 2.16. The number of hydrogen-bond acceptors (Lipinski definition) is 5. The number of ether oxygens (including phenoxy) is 1. The van der Waals surface area contributed by atoms with Gasteiger partial charge in [-0.05, 0) is 30.2 Å². The Morgan fingerprint density at radius 3 is 2.81 bits per heavy atom. The molecule has 0 bridgehead atoms. The molecular formula is C20H22N4O3. The van der Waals surface area contributed by atoms with Crippen LogP contribution in [-0.2, 0) is 0 Å². The zero-order valence-corrected chi connectivity index (χ0v) is 15.1. The van der Waals surface area contributed by atoms with Crippen molar-refractivity contribution in [1.29, 1.82) is 0 Å². The number of nitrogens with two attached hydrogens (primary N) is 1. The first kappa shape index (κ1) is 17.4. The van der Waals surface area contributed by atoms with Crippen molar-refractivity contribution in [3.63, 3.8) is 0 Å². The predicted molar refractivity (Wildman–Crippen MR) is 104 cm³/mol. The molecule has 7 nitrogen and oxygen atoms in total. The first-order valence-corrected chi connectivity index (χ1v) is 8.92. The van der Waals surface area contributed by atoms with Gasteiger partial charge in [-0.2, -0.15) is 0 Å². The zero-order valence-electron chi connectivity index (χ0n) is 15.1. The molecule has 27 heavy (non-hydrogen) atoms. The van der Waals surface area contributed by atoms with Crippen molar-refractivity contribution in [3.8, 4) is 16.9 Å². The van der Waals surface area contributed by atoms with Crippen LogP contribution in [0.25, 0.3) is 22.2 Å². The van der Waals surface area contributed by atoms with Crippen LogP contribution >= 0.6 is 0 Å². The second-order valence-corrected chi connectivity index (χ2v) is 6.82. The summed E-state index contributed by atoms with van der Waals surface area (Å²) in [4.78, 5) is 21.9. The van der Waals surface area contributed by atoms with E-state index in [2.05, 4.69) is 14.9 Å². The summed E-state index contributed by atoms with van der Waals surface area (Å²) in [7, 11) is 1.63. The molecule has 1 atom stereocenters. The number of primary amides is 1. The van der Waals surface area contributed by atoms with Crippen molar-refractivity contribution in [3.05, 3.63) is 42.2 Å². The minimum absolute atomic E-state index is 0.139. The van der Waals surface area contributed by atoms with Crippen LogP contribution in [0.1, 0.15) is 16.8 Å². The Kier molecular flexibility index (Phi) is 4.45. The SMILES string of the molecule is COc1ccc(-c2cc(N3CCC(CO)C3)c(C(N)=O)c3[nH]cnc23)cc1. The van der Waals surface area contributed by atoms with Gasteiger partial charge in [-0.3, -0.25) is 4.79 Å². The number of benzene rings is 2. The molecule has 4 N–H and O–H groups in total. The van der Waals surface area contributed by atoms with Gasteiger partial charge in [0.25, 0.3) is 5.91 Å². The monoisotopic (exact) mass is 366 g/mol. The number of aliphatic hydroxyl groups is 1. The molecule has 1 fully saturated rings. The number of methoxy groups -OCH3 is 1. The number of aromatic nitrogens is 2. The summed E-state index contributed by atoms with van der Waals surface area (Å²) < 4.78 is 5.24. The Hall–Kier alpha value is -3.06. The fourth-order valence-electron chi connectivity index (χ4n) is 3.78. The Bertz CT molecular complexity index is 981. The Morgan fingerprint density at radius 2 is 2.19 bits per heavy atom. The molecule has 0 spiro atoms. The summed E-state index contributed by atoms with van der Waals surface area (Å²) in [5.41, 5.74) is 10.2. The van der Waals surface area contributed by atoms with Gasteiger partial charge < -0.3 is 25.5 Å². The highest BCUT2D eigenvalue weighted by molar-refractivity contribution is 6.12. The number of carbonyl (C=O) groups is 1. The average Bonchev–Trinajstić information content (AvgIpc) is 3.36. The van der Waals surface area contributed by atoms with Crippen LogP contribution in [0.5, 0.6) is 5.75 Å². The van der Waals surface area contributed by atoms with Crippen LogP contribution in [0, 0.1) is 5.92 Å². The second kappa shape index (κ2) is 6.92. The maximum atomic E-state index is 12.3. The molecule has 4 rings (SSSR count). The lowest BCUT2D eigenvalue weighted by atomic mass is 9.98. The number of imidazole rings is 1. The molecule has 1 amide bonds. The fourth-order valence-corrected chi connectivity index (χ4v) is 3.78. The van der Waals surface area contributed by atoms with Crippen molar-refractivity contribution in [2.75, 3.05) is 31.7 Å². The van der Waals surface area contributed by atoms with Crippen molar-refractivity contribution >= 4 is 22.6 Å².